The summed E-state index contributed by atoms with van der Waals surface area (Å²) < 4.78 is 5.33. The lowest BCUT2D eigenvalue weighted by Gasteiger charge is -2.10. The van der Waals surface area contributed by atoms with Crippen LogP contribution in [-0.2, 0) is 6.54 Å². The SMILES string of the molecule is CNCc1nc(-c2ccccc2)cc2cc(OC)ccc12. The van der Waals surface area contributed by atoms with Gasteiger partial charge < -0.3 is 10.1 Å². The molecule has 2 aromatic carbocycles. The molecule has 1 aromatic heterocycles. The second-order valence-electron chi connectivity index (χ2n) is 4.94. The van der Waals surface area contributed by atoms with Crippen molar-refractivity contribution >= 4 is 10.8 Å². The number of nitrogens with zero attached hydrogens (tertiary/aromatic N) is 1. The number of fused-ring (bicyclic) bond motifs is 1. The summed E-state index contributed by atoms with van der Waals surface area (Å²) in [4.78, 5) is 4.81. The Kier molecular flexibility index (Phi) is 3.84. The van der Waals surface area contributed by atoms with Crippen LogP contribution < -0.4 is 10.1 Å². The molecule has 0 atom stereocenters. The van der Waals surface area contributed by atoms with Crippen LogP contribution in [0.15, 0.2) is 54.6 Å². The van der Waals surface area contributed by atoms with Crippen molar-refractivity contribution in [3.63, 3.8) is 0 Å². The Bertz CT molecular complexity index is 754. The molecule has 0 saturated heterocycles. The summed E-state index contributed by atoms with van der Waals surface area (Å²) in [6.07, 6.45) is 0. The van der Waals surface area contributed by atoms with Crippen LogP contribution in [0.5, 0.6) is 5.75 Å². The highest BCUT2D eigenvalue weighted by Crippen LogP contribution is 2.27. The maximum atomic E-state index is 5.33. The lowest BCUT2D eigenvalue weighted by molar-refractivity contribution is 0.415. The third-order valence-corrected chi connectivity index (χ3v) is 3.53. The summed E-state index contributed by atoms with van der Waals surface area (Å²) in [5.74, 6) is 0.864. The number of nitrogens with one attached hydrogen (secondary N) is 1. The third kappa shape index (κ3) is 2.73. The van der Waals surface area contributed by atoms with Gasteiger partial charge in [-0.25, -0.2) is 0 Å². The highest BCUT2D eigenvalue weighted by Gasteiger charge is 2.08. The molecule has 0 aliphatic carbocycles. The van der Waals surface area contributed by atoms with E-state index in [1.165, 1.54) is 0 Å². The first-order valence-corrected chi connectivity index (χ1v) is 6.99. The monoisotopic (exact) mass is 278 g/mol. The van der Waals surface area contributed by atoms with E-state index in [0.717, 1.165) is 40.0 Å². The van der Waals surface area contributed by atoms with Gasteiger partial charge in [0.25, 0.3) is 0 Å². The first-order chi connectivity index (χ1) is 10.3. The molecule has 1 heterocycles. The number of ether oxygens (including phenoxy) is 1. The maximum absolute atomic E-state index is 5.33. The smallest absolute Gasteiger partial charge is 0.119 e. The molecule has 0 fully saturated rings. The maximum Gasteiger partial charge on any atom is 0.119 e. The van der Waals surface area contributed by atoms with Gasteiger partial charge in [0, 0.05) is 17.5 Å². The van der Waals surface area contributed by atoms with E-state index in [2.05, 4.69) is 35.6 Å². The molecule has 106 valence electrons. The van der Waals surface area contributed by atoms with Crippen molar-refractivity contribution < 1.29 is 4.74 Å². The van der Waals surface area contributed by atoms with Gasteiger partial charge in [0.2, 0.25) is 0 Å². The molecule has 21 heavy (non-hydrogen) atoms. The van der Waals surface area contributed by atoms with Gasteiger partial charge >= 0.3 is 0 Å². The number of methoxy groups -OCH3 is 1. The number of benzene rings is 2. The minimum Gasteiger partial charge on any atom is -0.497 e. The number of hydrogen-bond donors (Lipinski definition) is 1. The predicted octanol–water partition coefficient (Wildman–Crippen LogP) is 3.63. The number of rotatable bonds is 4. The molecule has 0 unspecified atom stereocenters. The Labute approximate surface area is 124 Å². The van der Waals surface area contributed by atoms with E-state index in [9.17, 15) is 0 Å². The van der Waals surface area contributed by atoms with Crippen LogP contribution >= 0.6 is 0 Å². The topological polar surface area (TPSA) is 34.2 Å². The van der Waals surface area contributed by atoms with Gasteiger partial charge in [-0.1, -0.05) is 30.3 Å². The van der Waals surface area contributed by atoms with Crippen LogP contribution in [0.3, 0.4) is 0 Å². The molecule has 3 rings (SSSR count). The first-order valence-electron chi connectivity index (χ1n) is 6.99. The van der Waals surface area contributed by atoms with Crippen molar-refractivity contribution in [1.82, 2.24) is 10.3 Å². The van der Waals surface area contributed by atoms with E-state index < -0.39 is 0 Å². The van der Waals surface area contributed by atoms with E-state index in [1.807, 2.05) is 31.3 Å². The molecular formula is C18H18N2O. The quantitative estimate of drug-likeness (QED) is 0.791. The Morgan fingerprint density at radius 2 is 1.86 bits per heavy atom. The largest absolute Gasteiger partial charge is 0.497 e. The lowest BCUT2D eigenvalue weighted by Crippen LogP contribution is -2.08. The minimum absolute atomic E-state index is 0.740. The van der Waals surface area contributed by atoms with Crippen LogP contribution in [0.1, 0.15) is 5.69 Å². The normalized spacial score (nSPS) is 10.8. The minimum atomic E-state index is 0.740. The molecule has 0 radical (unpaired) electrons. The lowest BCUT2D eigenvalue weighted by atomic mass is 10.0. The number of hydrogen-bond acceptors (Lipinski definition) is 3. The average Bonchev–Trinajstić information content (AvgIpc) is 2.55. The molecule has 3 aromatic rings. The standard InChI is InChI=1S/C18H18N2O/c1-19-12-18-16-9-8-15(21-2)10-14(16)11-17(20-18)13-6-4-3-5-7-13/h3-11,19H,12H2,1-2H3. The zero-order chi connectivity index (χ0) is 14.7. The van der Waals surface area contributed by atoms with Crippen LogP contribution in [0.2, 0.25) is 0 Å². The van der Waals surface area contributed by atoms with Crippen molar-refractivity contribution in [2.75, 3.05) is 14.2 Å². The van der Waals surface area contributed by atoms with E-state index in [4.69, 9.17) is 9.72 Å². The van der Waals surface area contributed by atoms with Crippen LogP contribution in [0.4, 0.5) is 0 Å². The summed E-state index contributed by atoms with van der Waals surface area (Å²) in [6, 6.07) is 18.5. The second-order valence-corrected chi connectivity index (χ2v) is 4.94. The van der Waals surface area contributed by atoms with Crippen molar-refractivity contribution in [1.29, 1.82) is 0 Å². The Balaban J connectivity index is 2.22. The van der Waals surface area contributed by atoms with Crippen molar-refractivity contribution in [2.24, 2.45) is 0 Å². The summed E-state index contributed by atoms with van der Waals surface area (Å²) >= 11 is 0. The summed E-state index contributed by atoms with van der Waals surface area (Å²) in [5.41, 5.74) is 3.16. The summed E-state index contributed by atoms with van der Waals surface area (Å²) in [6.45, 7) is 0.740. The molecule has 1 N–H and O–H groups in total. The van der Waals surface area contributed by atoms with Gasteiger partial charge in [-0.05, 0) is 36.7 Å². The average molecular weight is 278 g/mol. The highest BCUT2D eigenvalue weighted by atomic mass is 16.5. The van der Waals surface area contributed by atoms with Gasteiger partial charge in [-0.2, -0.15) is 0 Å². The fourth-order valence-corrected chi connectivity index (χ4v) is 2.49. The van der Waals surface area contributed by atoms with Crippen molar-refractivity contribution in [3.05, 3.63) is 60.3 Å². The Morgan fingerprint density at radius 3 is 2.57 bits per heavy atom. The van der Waals surface area contributed by atoms with Gasteiger partial charge in [0.15, 0.2) is 0 Å². The molecule has 0 saturated carbocycles. The zero-order valence-electron chi connectivity index (χ0n) is 12.3. The third-order valence-electron chi connectivity index (χ3n) is 3.53. The Hall–Kier alpha value is -2.39. The molecular weight excluding hydrogens is 260 g/mol. The van der Waals surface area contributed by atoms with Gasteiger partial charge in [0.05, 0.1) is 18.5 Å². The highest BCUT2D eigenvalue weighted by molar-refractivity contribution is 5.89. The summed E-state index contributed by atoms with van der Waals surface area (Å²) in [5, 5.41) is 5.49. The first kappa shape index (κ1) is 13.6. The second kappa shape index (κ2) is 5.94. The fourth-order valence-electron chi connectivity index (χ4n) is 2.49. The Morgan fingerprint density at radius 1 is 1.05 bits per heavy atom. The zero-order valence-corrected chi connectivity index (χ0v) is 12.3. The molecule has 3 nitrogen and oxygen atoms in total. The van der Waals surface area contributed by atoms with E-state index in [-0.39, 0.29) is 0 Å². The van der Waals surface area contributed by atoms with E-state index >= 15 is 0 Å². The van der Waals surface area contributed by atoms with E-state index in [1.54, 1.807) is 7.11 Å². The molecule has 0 amide bonds. The van der Waals surface area contributed by atoms with Gasteiger partial charge in [0.1, 0.15) is 5.75 Å². The van der Waals surface area contributed by atoms with Gasteiger partial charge in [-0.15, -0.1) is 0 Å². The number of aromatic nitrogens is 1. The molecule has 0 aliphatic heterocycles. The van der Waals surface area contributed by atoms with Crippen LogP contribution in [0, 0.1) is 0 Å². The van der Waals surface area contributed by atoms with Crippen LogP contribution in [0.25, 0.3) is 22.0 Å². The molecule has 0 aliphatic rings. The molecule has 0 bridgehead atoms. The molecule has 0 spiro atoms. The number of pyridine rings is 1. The van der Waals surface area contributed by atoms with Crippen molar-refractivity contribution in [2.45, 2.75) is 6.54 Å². The molecule has 3 heteroatoms. The summed E-state index contributed by atoms with van der Waals surface area (Å²) in [7, 11) is 3.63. The van der Waals surface area contributed by atoms with Crippen LogP contribution in [-0.4, -0.2) is 19.1 Å². The van der Waals surface area contributed by atoms with Crippen molar-refractivity contribution in [3.8, 4) is 17.0 Å². The fraction of sp³-hybridized carbons (Fsp3) is 0.167. The van der Waals surface area contributed by atoms with Gasteiger partial charge in [-0.3, -0.25) is 4.98 Å². The predicted molar refractivity (Wildman–Crippen MR) is 86.5 cm³/mol. The van der Waals surface area contributed by atoms with E-state index in [0.29, 0.717) is 0 Å².